The van der Waals surface area contributed by atoms with Gasteiger partial charge in [0, 0.05) is 0 Å². The Hall–Kier alpha value is -1.63. The molecule has 1 aromatic carbocycles. The van der Waals surface area contributed by atoms with Gasteiger partial charge in [-0.05, 0) is 18.1 Å². The van der Waals surface area contributed by atoms with Crippen LogP contribution in [0.5, 0.6) is 5.75 Å². The van der Waals surface area contributed by atoms with Crippen LogP contribution < -0.4 is 15.8 Å². The molecule has 0 amide bonds. The molecular weight excluding hydrogens is 410 g/mol. The predicted octanol–water partition coefficient (Wildman–Crippen LogP) is 3.59. The van der Waals surface area contributed by atoms with Crippen LogP contribution in [0.25, 0.3) is 0 Å². The van der Waals surface area contributed by atoms with E-state index in [4.69, 9.17) is 12.2 Å². The van der Waals surface area contributed by atoms with E-state index in [1.807, 2.05) is 13.8 Å². The normalized spacial score (nSPS) is 13.0. The van der Waals surface area contributed by atoms with Crippen molar-refractivity contribution in [2.24, 2.45) is 16.6 Å². The highest BCUT2D eigenvalue weighted by Crippen LogP contribution is 2.29. The zero-order chi connectivity index (χ0) is 16.0. The van der Waals surface area contributed by atoms with E-state index in [0.29, 0.717) is 0 Å². The molecule has 1 atom stereocenters. The molecule has 0 saturated carbocycles. The number of para-hydroxylation sites is 2. The van der Waals surface area contributed by atoms with E-state index in [1.54, 1.807) is 6.07 Å². The minimum atomic E-state index is -4.79. The molecule has 0 saturated heterocycles. The molecule has 0 aliphatic carbocycles. The third kappa shape index (κ3) is 6.89. The Morgan fingerprint density at radius 1 is 1.36 bits per heavy atom. The Kier molecular flexibility index (Phi) is 8.08. The second-order valence-corrected chi connectivity index (χ2v) is 4.54. The summed E-state index contributed by atoms with van der Waals surface area (Å²) in [5.41, 5.74) is 5.71. The molecule has 0 radical (unpaired) electrons. The standard InChI is InChI=1S/C14H16F3N3O.HI/c1-4-10(9(2)3)19-13(18)20-11-7-5-6-8-12(11)21-14(15,16)17;/h1,5-10H,2-3H3,(H3,18,19,20);1H. The minimum Gasteiger partial charge on any atom is -0.404 e. The Labute approximate surface area is 144 Å². The summed E-state index contributed by atoms with van der Waals surface area (Å²) in [6.45, 7) is 3.73. The van der Waals surface area contributed by atoms with Crippen molar-refractivity contribution in [2.75, 3.05) is 5.32 Å². The van der Waals surface area contributed by atoms with E-state index >= 15 is 0 Å². The number of guanidine groups is 1. The largest absolute Gasteiger partial charge is 0.573 e. The molecular formula is C14H17F3IN3O. The van der Waals surface area contributed by atoms with E-state index in [-0.39, 0.29) is 41.5 Å². The fraction of sp³-hybridized carbons (Fsp3) is 0.357. The number of terminal acetylenes is 1. The van der Waals surface area contributed by atoms with Crippen molar-refractivity contribution in [1.82, 2.24) is 0 Å². The minimum absolute atomic E-state index is 0. The average Bonchev–Trinajstić information content (AvgIpc) is 2.36. The maximum absolute atomic E-state index is 12.3. The molecule has 0 fully saturated rings. The van der Waals surface area contributed by atoms with Crippen molar-refractivity contribution in [2.45, 2.75) is 26.3 Å². The number of nitrogens with zero attached hydrogens (tertiary/aromatic N) is 1. The Morgan fingerprint density at radius 2 is 1.95 bits per heavy atom. The van der Waals surface area contributed by atoms with Crippen molar-refractivity contribution < 1.29 is 17.9 Å². The quantitative estimate of drug-likeness (QED) is 0.334. The van der Waals surface area contributed by atoms with E-state index in [0.717, 1.165) is 0 Å². The third-order valence-corrected chi connectivity index (χ3v) is 2.46. The number of nitrogens with one attached hydrogen (secondary N) is 1. The van der Waals surface area contributed by atoms with Gasteiger partial charge in [-0.2, -0.15) is 0 Å². The highest BCUT2D eigenvalue weighted by Gasteiger charge is 2.32. The molecule has 1 unspecified atom stereocenters. The van der Waals surface area contributed by atoms with Crippen molar-refractivity contribution in [3.63, 3.8) is 0 Å². The molecule has 122 valence electrons. The smallest absolute Gasteiger partial charge is 0.404 e. The highest BCUT2D eigenvalue weighted by molar-refractivity contribution is 14.0. The molecule has 3 N–H and O–H groups in total. The molecule has 22 heavy (non-hydrogen) atoms. The van der Waals surface area contributed by atoms with Crippen LogP contribution in [-0.4, -0.2) is 18.4 Å². The van der Waals surface area contributed by atoms with Gasteiger partial charge in [0.25, 0.3) is 0 Å². The second-order valence-electron chi connectivity index (χ2n) is 4.54. The number of hydrogen-bond donors (Lipinski definition) is 2. The lowest BCUT2D eigenvalue weighted by molar-refractivity contribution is -0.274. The molecule has 0 aliphatic rings. The monoisotopic (exact) mass is 427 g/mol. The SMILES string of the molecule is C#CC(N=C(N)Nc1ccccc1OC(F)(F)F)C(C)C.I. The summed E-state index contributed by atoms with van der Waals surface area (Å²) in [5, 5.41) is 2.56. The first-order valence-electron chi connectivity index (χ1n) is 6.14. The fourth-order valence-electron chi connectivity index (χ4n) is 1.48. The van der Waals surface area contributed by atoms with Gasteiger partial charge >= 0.3 is 6.36 Å². The zero-order valence-electron chi connectivity index (χ0n) is 12.0. The molecule has 0 bridgehead atoms. The van der Waals surface area contributed by atoms with E-state index in [9.17, 15) is 13.2 Å². The van der Waals surface area contributed by atoms with Gasteiger partial charge in [0.05, 0.1) is 5.69 Å². The van der Waals surface area contributed by atoms with Gasteiger partial charge in [-0.3, -0.25) is 0 Å². The van der Waals surface area contributed by atoms with Gasteiger partial charge in [-0.25, -0.2) is 4.99 Å². The number of aliphatic imine (C=N–C) groups is 1. The van der Waals surface area contributed by atoms with Crippen LogP contribution in [-0.2, 0) is 0 Å². The molecule has 1 aromatic rings. The van der Waals surface area contributed by atoms with E-state index in [2.05, 4.69) is 21.0 Å². The maximum atomic E-state index is 12.3. The van der Waals surface area contributed by atoms with Crippen LogP contribution in [0.2, 0.25) is 0 Å². The van der Waals surface area contributed by atoms with E-state index < -0.39 is 18.2 Å². The van der Waals surface area contributed by atoms with Gasteiger partial charge < -0.3 is 15.8 Å². The molecule has 0 spiro atoms. The summed E-state index contributed by atoms with van der Waals surface area (Å²) >= 11 is 0. The Bertz CT molecular complexity index is 553. The first-order valence-corrected chi connectivity index (χ1v) is 6.14. The van der Waals surface area contributed by atoms with Crippen LogP contribution in [0.1, 0.15) is 13.8 Å². The number of anilines is 1. The molecule has 8 heteroatoms. The number of nitrogens with two attached hydrogens (primary N) is 1. The van der Waals surface area contributed by atoms with Crippen LogP contribution in [0.4, 0.5) is 18.9 Å². The van der Waals surface area contributed by atoms with Crippen LogP contribution in [0, 0.1) is 18.3 Å². The van der Waals surface area contributed by atoms with Crippen molar-refractivity contribution in [1.29, 1.82) is 0 Å². The van der Waals surface area contributed by atoms with Crippen molar-refractivity contribution >= 4 is 35.6 Å². The number of alkyl halides is 3. The van der Waals surface area contributed by atoms with Crippen LogP contribution in [0.15, 0.2) is 29.3 Å². The third-order valence-electron chi connectivity index (χ3n) is 2.46. The number of rotatable bonds is 4. The first-order chi connectivity index (χ1) is 9.73. The molecule has 0 aromatic heterocycles. The summed E-state index contributed by atoms with van der Waals surface area (Å²) in [5.74, 6) is 2.03. The molecule has 4 nitrogen and oxygen atoms in total. The number of benzene rings is 1. The van der Waals surface area contributed by atoms with Gasteiger partial charge in [0.1, 0.15) is 6.04 Å². The second kappa shape index (κ2) is 8.73. The summed E-state index contributed by atoms with van der Waals surface area (Å²) < 4.78 is 40.8. The number of hydrogen-bond acceptors (Lipinski definition) is 2. The Balaban J connectivity index is 0.00000441. The molecule has 0 heterocycles. The van der Waals surface area contributed by atoms with Gasteiger partial charge in [-0.1, -0.05) is 31.9 Å². The summed E-state index contributed by atoms with van der Waals surface area (Å²) in [6, 6.07) is 5.06. The summed E-state index contributed by atoms with van der Waals surface area (Å²) in [7, 11) is 0. The Morgan fingerprint density at radius 3 is 2.45 bits per heavy atom. The first kappa shape index (κ1) is 20.4. The van der Waals surface area contributed by atoms with Gasteiger partial charge in [-0.15, -0.1) is 43.6 Å². The maximum Gasteiger partial charge on any atom is 0.573 e. The summed E-state index contributed by atoms with van der Waals surface area (Å²) in [4.78, 5) is 4.04. The predicted molar refractivity (Wildman–Crippen MR) is 91.2 cm³/mol. The lowest BCUT2D eigenvalue weighted by atomic mass is 10.1. The topological polar surface area (TPSA) is 59.6 Å². The lowest BCUT2D eigenvalue weighted by Gasteiger charge is -2.15. The molecule has 1 rings (SSSR count). The van der Waals surface area contributed by atoms with Crippen LogP contribution >= 0.6 is 24.0 Å². The summed E-state index contributed by atoms with van der Waals surface area (Å²) in [6.07, 6.45) is 0.526. The van der Waals surface area contributed by atoms with Gasteiger partial charge in [0.15, 0.2) is 11.7 Å². The van der Waals surface area contributed by atoms with Crippen LogP contribution in [0.3, 0.4) is 0 Å². The van der Waals surface area contributed by atoms with E-state index in [1.165, 1.54) is 18.2 Å². The number of halogens is 4. The van der Waals surface area contributed by atoms with Crippen molar-refractivity contribution in [3.05, 3.63) is 24.3 Å². The van der Waals surface area contributed by atoms with Crippen molar-refractivity contribution in [3.8, 4) is 18.1 Å². The lowest BCUT2D eigenvalue weighted by Crippen LogP contribution is -2.27. The highest BCUT2D eigenvalue weighted by atomic mass is 127. The van der Waals surface area contributed by atoms with Gasteiger partial charge in [0.2, 0.25) is 0 Å². The molecule has 0 aliphatic heterocycles. The zero-order valence-corrected chi connectivity index (χ0v) is 14.3. The fourth-order valence-corrected chi connectivity index (χ4v) is 1.48. The number of ether oxygens (including phenoxy) is 1. The average molecular weight is 427 g/mol.